The van der Waals surface area contributed by atoms with E-state index in [1.54, 1.807) is 54.6 Å². The van der Waals surface area contributed by atoms with Crippen LogP contribution in [0.2, 0.25) is 0 Å². The SMILES string of the molecule is C[C@@H]1CCCCO[C@H](CN(C)S(=O)(=O)c2cccs2)[C@@H](C)CN([C@@H](C)CO)C(=O)c2cc(NC(=O)CCCN(C)C)ccc2O1. The molecule has 252 valence electrons. The van der Waals surface area contributed by atoms with Crippen LogP contribution >= 0.6 is 11.3 Å². The van der Waals surface area contributed by atoms with Crippen molar-refractivity contribution in [2.24, 2.45) is 5.92 Å². The maximum absolute atomic E-state index is 14.3. The van der Waals surface area contributed by atoms with Crippen molar-refractivity contribution in [3.63, 3.8) is 0 Å². The highest BCUT2D eigenvalue weighted by atomic mass is 32.2. The lowest BCUT2D eigenvalue weighted by molar-refractivity contribution is -0.116. The third-order valence-corrected chi connectivity index (χ3v) is 11.1. The van der Waals surface area contributed by atoms with E-state index in [1.807, 2.05) is 32.8 Å². The Morgan fingerprint density at radius 3 is 2.62 bits per heavy atom. The van der Waals surface area contributed by atoms with E-state index in [-0.39, 0.29) is 53.3 Å². The average Bonchev–Trinajstić information content (AvgIpc) is 3.54. The van der Waals surface area contributed by atoms with Gasteiger partial charge in [-0.15, -0.1) is 11.3 Å². The lowest BCUT2D eigenvalue weighted by atomic mass is 10.0. The second kappa shape index (κ2) is 17.4. The predicted molar refractivity (Wildman–Crippen MR) is 177 cm³/mol. The fourth-order valence-corrected chi connectivity index (χ4v) is 7.54. The lowest BCUT2D eigenvalue weighted by Gasteiger charge is -2.35. The van der Waals surface area contributed by atoms with Crippen LogP contribution in [0.5, 0.6) is 5.75 Å². The first kappa shape index (κ1) is 36.9. The maximum atomic E-state index is 14.3. The van der Waals surface area contributed by atoms with Crippen molar-refractivity contribution < 1.29 is 32.6 Å². The number of rotatable bonds is 11. The van der Waals surface area contributed by atoms with Crippen LogP contribution in [0, 0.1) is 5.92 Å². The molecule has 0 radical (unpaired) electrons. The van der Waals surface area contributed by atoms with Crippen LogP contribution in [-0.4, -0.2) is 112 Å². The molecule has 0 unspecified atom stereocenters. The zero-order valence-electron chi connectivity index (χ0n) is 27.4. The Kier molecular flexibility index (Phi) is 14.3. The Morgan fingerprint density at radius 2 is 1.96 bits per heavy atom. The summed E-state index contributed by atoms with van der Waals surface area (Å²) in [6.07, 6.45) is 2.67. The van der Waals surface area contributed by atoms with Gasteiger partial charge in [0.2, 0.25) is 5.91 Å². The van der Waals surface area contributed by atoms with Crippen LogP contribution in [-0.2, 0) is 19.6 Å². The number of nitrogens with zero attached hydrogens (tertiary/aromatic N) is 3. The molecule has 0 aliphatic carbocycles. The molecule has 1 aromatic heterocycles. The summed E-state index contributed by atoms with van der Waals surface area (Å²) >= 11 is 1.16. The van der Waals surface area contributed by atoms with E-state index >= 15 is 0 Å². The quantitative estimate of drug-likeness (QED) is 0.366. The summed E-state index contributed by atoms with van der Waals surface area (Å²) in [7, 11) is 1.76. The molecule has 2 amide bonds. The average molecular weight is 667 g/mol. The number of amides is 2. The zero-order chi connectivity index (χ0) is 33.1. The first-order valence-corrected chi connectivity index (χ1v) is 17.9. The number of nitrogens with one attached hydrogen (secondary N) is 1. The standard InChI is InChI=1S/C32H50N4O7S2/c1-23-20-36(24(2)22-37)32(39)27-19-26(33-30(38)12-9-16-34(4)5)14-15-28(27)43-25(3)11-7-8-17-42-29(23)21-35(6)45(40,41)31-13-10-18-44-31/h10,13-15,18-19,23-25,29,37H,7-9,11-12,16-17,20-22H2,1-6H3,(H,33,38)/t23-,24-,25+,29+/m0/s1. The van der Waals surface area contributed by atoms with Gasteiger partial charge in [0, 0.05) is 44.8 Å². The number of carbonyl (C=O) groups excluding carboxylic acids is 2. The van der Waals surface area contributed by atoms with Gasteiger partial charge >= 0.3 is 0 Å². The summed E-state index contributed by atoms with van der Waals surface area (Å²) in [5.74, 6) is -0.373. The van der Waals surface area contributed by atoms with Crippen molar-refractivity contribution >= 4 is 38.9 Å². The molecule has 45 heavy (non-hydrogen) atoms. The van der Waals surface area contributed by atoms with Gasteiger partial charge in [0.25, 0.3) is 15.9 Å². The maximum Gasteiger partial charge on any atom is 0.258 e. The molecule has 4 atom stereocenters. The van der Waals surface area contributed by atoms with Crippen LogP contribution in [0.3, 0.4) is 0 Å². The van der Waals surface area contributed by atoms with Crippen molar-refractivity contribution in [1.82, 2.24) is 14.1 Å². The number of hydrogen-bond acceptors (Lipinski definition) is 9. The summed E-state index contributed by atoms with van der Waals surface area (Å²) in [6.45, 7) is 6.90. The molecule has 3 rings (SSSR count). The molecule has 1 aromatic carbocycles. The molecule has 0 saturated heterocycles. The fourth-order valence-electron chi connectivity index (χ4n) is 5.16. The minimum atomic E-state index is -3.70. The number of thiophene rings is 1. The van der Waals surface area contributed by atoms with E-state index in [0.29, 0.717) is 30.9 Å². The number of likely N-dealkylation sites (N-methyl/N-ethyl adjacent to an activating group) is 1. The highest BCUT2D eigenvalue weighted by Crippen LogP contribution is 2.29. The van der Waals surface area contributed by atoms with Gasteiger partial charge in [0.15, 0.2) is 0 Å². The number of hydrogen-bond donors (Lipinski definition) is 2. The Hall–Kier alpha value is -2.55. The smallest absolute Gasteiger partial charge is 0.258 e. The molecule has 2 aromatic rings. The summed E-state index contributed by atoms with van der Waals surface area (Å²) in [5.41, 5.74) is 0.771. The van der Waals surface area contributed by atoms with Gasteiger partial charge in [-0.1, -0.05) is 13.0 Å². The van der Waals surface area contributed by atoms with Crippen molar-refractivity contribution in [2.75, 3.05) is 59.3 Å². The number of benzene rings is 1. The summed E-state index contributed by atoms with van der Waals surface area (Å²) in [6, 6.07) is 7.83. The third kappa shape index (κ3) is 10.8. The van der Waals surface area contributed by atoms with E-state index in [9.17, 15) is 23.1 Å². The first-order chi connectivity index (χ1) is 21.3. The van der Waals surface area contributed by atoms with Crippen molar-refractivity contribution in [1.29, 1.82) is 0 Å². The van der Waals surface area contributed by atoms with Gasteiger partial charge in [0.1, 0.15) is 9.96 Å². The number of ether oxygens (including phenoxy) is 2. The van der Waals surface area contributed by atoms with Gasteiger partial charge in [-0.05, 0) is 89.8 Å². The summed E-state index contributed by atoms with van der Waals surface area (Å²) in [5, 5.41) is 14.8. The van der Waals surface area contributed by atoms with E-state index in [0.717, 1.165) is 37.1 Å². The van der Waals surface area contributed by atoms with E-state index < -0.39 is 22.2 Å². The van der Waals surface area contributed by atoms with E-state index in [1.165, 1.54) is 4.31 Å². The number of anilines is 1. The number of fused-ring (bicyclic) bond motifs is 1. The minimum Gasteiger partial charge on any atom is -0.490 e. The summed E-state index contributed by atoms with van der Waals surface area (Å²) in [4.78, 5) is 30.5. The van der Waals surface area contributed by atoms with Crippen molar-refractivity contribution in [3.05, 3.63) is 41.3 Å². The van der Waals surface area contributed by atoms with Crippen LogP contribution < -0.4 is 10.1 Å². The minimum absolute atomic E-state index is 0.108. The molecule has 11 nitrogen and oxygen atoms in total. The summed E-state index contributed by atoms with van der Waals surface area (Å²) < 4.78 is 40.5. The molecule has 2 N–H and O–H groups in total. The molecule has 0 spiro atoms. The molecule has 1 aliphatic heterocycles. The second-order valence-corrected chi connectivity index (χ2v) is 15.4. The Balaban J connectivity index is 1.92. The van der Waals surface area contributed by atoms with Gasteiger partial charge in [-0.3, -0.25) is 9.59 Å². The molecule has 0 fully saturated rings. The predicted octanol–water partition coefficient (Wildman–Crippen LogP) is 4.14. The van der Waals surface area contributed by atoms with Crippen molar-refractivity contribution in [2.45, 2.75) is 75.3 Å². The number of aliphatic hydroxyl groups excluding tert-OH is 1. The third-order valence-electron chi connectivity index (χ3n) is 7.94. The van der Waals surface area contributed by atoms with Crippen LogP contribution in [0.25, 0.3) is 0 Å². The number of aliphatic hydroxyl groups is 1. The fraction of sp³-hybridized carbons (Fsp3) is 0.625. The molecule has 13 heteroatoms. The Labute approximate surface area is 272 Å². The number of carbonyl (C=O) groups is 2. The van der Waals surface area contributed by atoms with Gasteiger partial charge in [-0.2, -0.15) is 4.31 Å². The van der Waals surface area contributed by atoms with Gasteiger partial charge in [-0.25, -0.2) is 8.42 Å². The Morgan fingerprint density at radius 1 is 1.20 bits per heavy atom. The largest absolute Gasteiger partial charge is 0.490 e. The van der Waals surface area contributed by atoms with Crippen LogP contribution in [0.4, 0.5) is 5.69 Å². The van der Waals surface area contributed by atoms with E-state index in [4.69, 9.17) is 9.47 Å². The monoisotopic (exact) mass is 666 g/mol. The molecular formula is C32H50N4O7S2. The van der Waals surface area contributed by atoms with Crippen LogP contribution in [0.15, 0.2) is 39.9 Å². The first-order valence-electron chi connectivity index (χ1n) is 15.6. The molecular weight excluding hydrogens is 617 g/mol. The molecule has 1 aliphatic rings. The van der Waals surface area contributed by atoms with Crippen LogP contribution in [0.1, 0.15) is 63.2 Å². The normalized spacial score (nSPS) is 21.2. The van der Waals surface area contributed by atoms with E-state index in [2.05, 4.69) is 5.32 Å². The number of sulfonamides is 1. The molecule has 2 heterocycles. The highest BCUT2D eigenvalue weighted by molar-refractivity contribution is 7.91. The molecule has 0 bridgehead atoms. The van der Waals surface area contributed by atoms with Gasteiger partial charge in [0.05, 0.1) is 30.4 Å². The second-order valence-electron chi connectivity index (χ2n) is 12.2. The Bertz CT molecular complexity index is 1340. The zero-order valence-corrected chi connectivity index (χ0v) is 29.0. The highest BCUT2D eigenvalue weighted by Gasteiger charge is 2.32. The lowest BCUT2D eigenvalue weighted by Crippen LogP contribution is -2.48. The van der Waals surface area contributed by atoms with Crippen molar-refractivity contribution in [3.8, 4) is 5.75 Å². The topological polar surface area (TPSA) is 129 Å². The molecule has 0 saturated carbocycles. The van der Waals surface area contributed by atoms with Gasteiger partial charge < -0.3 is 29.7 Å².